The first-order chi connectivity index (χ1) is 12.6. The highest BCUT2D eigenvalue weighted by Crippen LogP contribution is 2.33. The third-order valence-corrected chi connectivity index (χ3v) is 6.21. The number of piperidine rings is 1. The number of amides is 4. The Hall–Kier alpha value is -2.48. The van der Waals surface area contributed by atoms with E-state index < -0.39 is 12.1 Å². The molecule has 2 aromatic rings. The van der Waals surface area contributed by atoms with Gasteiger partial charge in [-0.05, 0) is 31.4 Å². The number of benzene rings is 1. The summed E-state index contributed by atoms with van der Waals surface area (Å²) in [5.41, 5.74) is 1.04. The summed E-state index contributed by atoms with van der Waals surface area (Å²) in [6.45, 7) is 1.42. The number of urea groups is 1. The normalized spacial score (nSPS) is 21.1. The third kappa shape index (κ3) is 3.41. The highest BCUT2D eigenvalue weighted by molar-refractivity contribution is 7.18. The molecule has 4 rings (SSSR count). The van der Waals surface area contributed by atoms with E-state index in [1.165, 1.54) is 4.70 Å². The van der Waals surface area contributed by atoms with Gasteiger partial charge in [0, 0.05) is 25.4 Å². The number of para-hydroxylation sites is 1. The Labute approximate surface area is 154 Å². The second kappa shape index (κ2) is 7.03. The summed E-state index contributed by atoms with van der Waals surface area (Å²) >= 11 is 1.74. The lowest BCUT2D eigenvalue weighted by molar-refractivity contribution is -0.132. The average Bonchev–Trinajstić information content (AvgIpc) is 3.22. The van der Waals surface area contributed by atoms with E-state index in [1.54, 1.807) is 11.3 Å². The monoisotopic (exact) mass is 372 g/mol. The second-order valence-corrected chi connectivity index (χ2v) is 7.79. The van der Waals surface area contributed by atoms with Crippen molar-refractivity contribution in [1.29, 1.82) is 0 Å². The van der Waals surface area contributed by atoms with E-state index >= 15 is 0 Å². The van der Waals surface area contributed by atoms with E-state index in [9.17, 15) is 14.4 Å². The topological polar surface area (TPSA) is 91.4 Å². The molecule has 136 valence electrons. The van der Waals surface area contributed by atoms with Gasteiger partial charge >= 0.3 is 6.03 Å². The molecule has 7 nitrogen and oxygen atoms in total. The molecular weight excluding hydrogens is 352 g/mol. The van der Waals surface area contributed by atoms with Crippen molar-refractivity contribution in [3.63, 3.8) is 0 Å². The van der Waals surface area contributed by atoms with Crippen molar-refractivity contribution in [2.24, 2.45) is 0 Å². The highest BCUT2D eigenvalue weighted by atomic mass is 32.1. The summed E-state index contributed by atoms with van der Waals surface area (Å²) in [6, 6.07) is 7.08. The van der Waals surface area contributed by atoms with Gasteiger partial charge in [0.1, 0.15) is 6.04 Å². The summed E-state index contributed by atoms with van der Waals surface area (Å²) in [6.07, 6.45) is 2.43. The number of thiazole rings is 1. The Morgan fingerprint density at radius 1 is 1.23 bits per heavy atom. The molecule has 0 unspecified atom stereocenters. The fourth-order valence-corrected chi connectivity index (χ4v) is 4.67. The van der Waals surface area contributed by atoms with Gasteiger partial charge in [-0.2, -0.15) is 0 Å². The van der Waals surface area contributed by atoms with E-state index in [0.717, 1.165) is 23.4 Å². The molecule has 2 saturated heterocycles. The molecule has 2 fully saturated rings. The molecule has 1 atom stereocenters. The molecule has 1 aromatic carbocycles. The molecule has 0 radical (unpaired) electrons. The molecule has 2 aliphatic heterocycles. The number of carbonyl (C=O) groups is 3. The van der Waals surface area contributed by atoms with Crippen molar-refractivity contribution in [1.82, 2.24) is 20.5 Å². The van der Waals surface area contributed by atoms with Crippen LogP contribution in [0.1, 0.15) is 36.6 Å². The van der Waals surface area contributed by atoms with Crippen molar-refractivity contribution in [2.75, 3.05) is 13.1 Å². The molecule has 8 heteroatoms. The first kappa shape index (κ1) is 17.0. The molecule has 0 saturated carbocycles. The van der Waals surface area contributed by atoms with Crippen molar-refractivity contribution < 1.29 is 14.4 Å². The van der Waals surface area contributed by atoms with Crippen LogP contribution in [0.4, 0.5) is 4.79 Å². The quantitative estimate of drug-likeness (QED) is 0.803. The highest BCUT2D eigenvalue weighted by Gasteiger charge is 2.31. The van der Waals surface area contributed by atoms with E-state index in [4.69, 9.17) is 4.98 Å². The molecule has 0 bridgehead atoms. The molecule has 3 heterocycles. The molecule has 2 N–H and O–H groups in total. The van der Waals surface area contributed by atoms with Gasteiger partial charge in [-0.1, -0.05) is 12.1 Å². The standard InChI is InChI=1S/C18H20N4O3S/c23-15(6-5-13-16(24)21-18(25)20-13)22-9-7-11(8-10-22)17-19-12-3-1-2-4-14(12)26-17/h1-4,11,13H,5-10H2,(H2,20,21,24,25)/t13-/m0/s1. The van der Waals surface area contributed by atoms with E-state index in [2.05, 4.69) is 16.7 Å². The zero-order chi connectivity index (χ0) is 18.1. The number of hydrogen-bond donors (Lipinski definition) is 2. The van der Waals surface area contributed by atoms with Gasteiger partial charge < -0.3 is 10.2 Å². The van der Waals surface area contributed by atoms with Crippen LogP contribution >= 0.6 is 11.3 Å². The van der Waals surface area contributed by atoms with Gasteiger partial charge in [0.2, 0.25) is 5.91 Å². The van der Waals surface area contributed by atoms with Crippen molar-refractivity contribution in [3.05, 3.63) is 29.3 Å². The first-order valence-electron chi connectivity index (χ1n) is 8.85. The zero-order valence-electron chi connectivity index (χ0n) is 14.2. The number of nitrogens with one attached hydrogen (secondary N) is 2. The number of rotatable bonds is 4. The lowest BCUT2D eigenvalue weighted by Crippen LogP contribution is -2.39. The summed E-state index contributed by atoms with van der Waals surface area (Å²) in [5.74, 6) is 0.0930. The van der Waals surface area contributed by atoms with Crippen molar-refractivity contribution >= 4 is 39.4 Å². The van der Waals surface area contributed by atoms with Crippen LogP contribution in [0, 0.1) is 0 Å². The van der Waals surface area contributed by atoms with Crippen LogP contribution in [0.3, 0.4) is 0 Å². The second-order valence-electron chi connectivity index (χ2n) is 6.73. The van der Waals surface area contributed by atoms with Crippen LogP contribution < -0.4 is 10.6 Å². The molecule has 0 aliphatic carbocycles. The SMILES string of the molecule is O=C1NC(=O)[C@H](CCC(=O)N2CCC(c3nc4ccccc4s3)CC2)N1. The molecule has 1 aromatic heterocycles. The molecule has 26 heavy (non-hydrogen) atoms. The number of aromatic nitrogens is 1. The summed E-state index contributed by atoms with van der Waals surface area (Å²) in [4.78, 5) is 41.6. The van der Waals surface area contributed by atoms with E-state index in [1.807, 2.05) is 23.1 Å². The number of hydrogen-bond acceptors (Lipinski definition) is 5. The zero-order valence-corrected chi connectivity index (χ0v) is 15.1. The predicted molar refractivity (Wildman–Crippen MR) is 97.9 cm³/mol. The Morgan fingerprint density at radius 3 is 2.69 bits per heavy atom. The first-order valence-corrected chi connectivity index (χ1v) is 9.66. The van der Waals surface area contributed by atoms with Crippen LogP contribution in [0.2, 0.25) is 0 Å². The minimum atomic E-state index is -0.591. The van der Waals surface area contributed by atoms with Crippen LogP contribution in [0.5, 0.6) is 0 Å². The lowest BCUT2D eigenvalue weighted by atomic mass is 9.97. The van der Waals surface area contributed by atoms with Crippen LogP contribution in [-0.4, -0.2) is 46.9 Å². The summed E-state index contributed by atoms with van der Waals surface area (Å²) in [7, 11) is 0. The fourth-order valence-electron chi connectivity index (χ4n) is 3.53. The average molecular weight is 372 g/mol. The molecular formula is C18H20N4O3S. The molecule has 2 aliphatic rings. The van der Waals surface area contributed by atoms with E-state index in [-0.39, 0.29) is 18.2 Å². The van der Waals surface area contributed by atoms with Crippen LogP contribution in [-0.2, 0) is 9.59 Å². The van der Waals surface area contributed by atoms with Crippen molar-refractivity contribution in [3.8, 4) is 0 Å². The Balaban J connectivity index is 1.29. The summed E-state index contributed by atoms with van der Waals surface area (Å²) < 4.78 is 1.21. The third-order valence-electron chi connectivity index (χ3n) is 5.01. The van der Waals surface area contributed by atoms with E-state index in [0.29, 0.717) is 25.4 Å². The number of carbonyl (C=O) groups excluding carboxylic acids is 3. The van der Waals surface area contributed by atoms with Gasteiger partial charge in [-0.3, -0.25) is 14.9 Å². The minimum Gasteiger partial charge on any atom is -0.343 e. The Kier molecular flexibility index (Phi) is 4.58. The van der Waals surface area contributed by atoms with Gasteiger partial charge in [-0.15, -0.1) is 11.3 Å². The van der Waals surface area contributed by atoms with Crippen LogP contribution in [0.15, 0.2) is 24.3 Å². The summed E-state index contributed by atoms with van der Waals surface area (Å²) in [5, 5.41) is 5.87. The van der Waals surface area contributed by atoms with Crippen molar-refractivity contribution in [2.45, 2.75) is 37.6 Å². The molecule has 0 spiro atoms. The largest absolute Gasteiger partial charge is 0.343 e. The lowest BCUT2D eigenvalue weighted by Gasteiger charge is -2.31. The smallest absolute Gasteiger partial charge is 0.322 e. The number of fused-ring (bicyclic) bond motifs is 1. The minimum absolute atomic E-state index is 0.0432. The number of nitrogens with zero attached hydrogens (tertiary/aromatic N) is 2. The Bertz CT molecular complexity index is 824. The van der Waals surface area contributed by atoms with Gasteiger partial charge in [0.15, 0.2) is 0 Å². The number of imide groups is 1. The number of likely N-dealkylation sites (tertiary alicyclic amines) is 1. The van der Waals surface area contributed by atoms with Crippen LogP contribution in [0.25, 0.3) is 10.2 Å². The van der Waals surface area contributed by atoms with Gasteiger partial charge in [0.05, 0.1) is 15.2 Å². The Morgan fingerprint density at radius 2 is 2.00 bits per heavy atom. The fraction of sp³-hybridized carbons (Fsp3) is 0.444. The van der Waals surface area contributed by atoms with Gasteiger partial charge in [0.25, 0.3) is 5.91 Å². The maximum absolute atomic E-state index is 12.4. The maximum atomic E-state index is 12.4. The predicted octanol–water partition coefficient (Wildman–Crippen LogP) is 1.99. The van der Waals surface area contributed by atoms with Gasteiger partial charge in [-0.25, -0.2) is 9.78 Å². The molecule has 4 amide bonds. The maximum Gasteiger partial charge on any atom is 0.322 e.